The van der Waals surface area contributed by atoms with Crippen LogP contribution in [0.3, 0.4) is 0 Å². The Labute approximate surface area is 158 Å². The molecule has 8 nitrogen and oxygen atoms in total. The molecule has 2 fully saturated rings. The van der Waals surface area contributed by atoms with Gasteiger partial charge in [-0.1, -0.05) is 25.1 Å². The van der Waals surface area contributed by atoms with Crippen LogP contribution in [0.1, 0.15) is 45.4 Å². The number of nitrogens with one attached hydrogen (secondary N) is 1. The van der Waals surface area contributed by atoms with E-state index in [0.29, 0.717) is 17.3 Å². The van der Waals surface area contributed by atoms with E-state index in [1.807, 2.05) is 9.80 Å². The Kier molecular flexibility index (Phi) is 6.05. The van der Waals surface area contributed by atoms with Crippen LogP contribution in [0.25, 0.3) is 0 Å². The van der Waals surface area contributed by atoms with Gasteiger partial charge in [0.15, 0.2) is 0 Å². The Morgan fingerprint density at radius 2 is 2.23 bits per heavy atom. The summed E-state index contributed by atoms with van der Waals surface area (Å²) in [5, 5.41) is 7.02. The van der Waals surface area contributed by atoms with E-state index in [0.717, 1.165) is 58.3 Å². The van der Waals surface area contributed by atoms with Gasteiger partial charge in [-0.2, -0.15) is 4.98 Å². The van der Waals surface area contributed by atoms with Gasteiger partial charge in [0.2, 0.25) is 22.9 Å². The van der Waals surface area contributed by atoms with Crippen molar-refractivity contribution in [1.82, 2.24) is 25.0 Å². The van der Waals surface area contributed by atoms with Crippen molar-refractivity contribution in [2.75, 3.05) is 37.7 Å². The van der Waals surface area contributed by atoms with Crippen LogP contribution >= 0.6 is 11.8 Å². The first-order chi connectivity index (χ1) is 12.5. The molecule has 0 bridgehead atoms. The Bertz CT molecular complexity index is 651. The number of amides is 2. The smallest absolute Gasteiger partial charge is 0.233 e. The van der Waals surface area contributed by atoms with Crippen molar-refractivity contribution in [2.24, 2.45) is 5.41 Å². The number of nitrogen functional groups attached to an aromatic ring is 1. The van der Waals surface area contributed by atoms with Gasteiger partial charge in [-0.15, -0.1) is 5.10 Å². The van der Waals surface area contributed by atoms with E-state index in [1.165, 1.54) is 11.8 Å². The predicted molar refractivity (Wildman–Crippen MR) is 100 cm³/mol. The third-order valence-electron chi connectivity index (χ3n) is 5.35. The number of anilines is 1. The van der Waals surface area contributed by atoms with Crippen molar-refractivity contribution in [1.29, 1.82) is 0 Å². The number of nitrogens with two attached hydrogens (primary N) is 1. The number of hydrogen-bond donors (Lipinski definition) is 2. The van der Waals surface area contributed by atoms with Crippen LogP contribution in [0.4, 0.5) is 5.95 Å². The summed E-state index contributed by atoms with van der Waals surface area (Å²) in [5.74, 6) is 0.946. The van der Waals surface area contributed by atoms with E-state index in [2.05, 4.69) is 22.1 Å². The van der Waals surface area contributed by atoms with E-state index in [1.54, 1.807) is 0 Å². The molecule has 3 heterocycles. The first-order valence-electron chi connectivity index (χ1n) is 9.37. The minimum atomic E-state index is 0.0647. The lowest BCUT2D eigenvalue weighted by molar-refractivity contribution is -0.142. The van der Waals surface area contributed by atoms with Crippen LogP contribution in [0.2, 0.25) is 0 Å². The molecule has 2 aliphatic heterocycles. The van der Waals surface area contributed by atoms with Crippen LogP contribution in [0.5, 0.6) is 0 Å². The first-order valence-corrected chi connectivity index (χ1v) is 10.4. The van der Waals surface area contributed by atoms with Crippen molar-refractivity contribution in [3.63, 3.8) is 0 Å². The number of nitrogens with zero attached hydrogens (tertiary/aromatic N) is 4. The second-order valence-corrected chi connectivity index (χ2v) is 8.32. The molecular formula is C17H28N6O2S. The maximum atomic E-state index is 12.6. The van der Waals surface area contributed by atoms with Crippen LogP contribution < -0.4 is 5.73 Å². The van der Waals surface area contributed by atoms with Crippen molar-refractivity contribution in [3.05, 3.63) is 0 Å². The van der Waals surface area contributed by atoms with E-state index in [-0.39, 0.29) is 23.2 Å². The zero-order valence-corrected chi connectivity index (χ0v) is 16.2. The highest BCUT2D eigenvalue weighted by atomic mass is 32.2. The molecule has 1 spiro atoms. The lowest BCUT2D eigenvalue weighted by atomic mass is 9.73. The highest BCUT2D eigenvalue weighted by molar-refractivity contribution is 7.99. The molecule has 144 valence electrons. The summed E-state index contributed by atoms with van der Waals surface area (Å²) in [6.45, 7) is 5.32. The summed E-state index contributed by atoms with van der Waals surface area (Å²) in [5.41, 5.74) is 5.57. The van der Waals surface area contributed by atoms with E-state index in [4.69, 9.17) is 5.73 Å². The zero-order valence-electron chi connectivity index (χ0n) is 15.4. The summed E-state index contributed by atoms with van der Waals surface area (Å²) in [4.78, 5) is 32.9. The number of rotatable bonds is 6. The van der Waals surface area contributed by atoms with Crippen LogP contribution in [0.15, 0.2) is 5.16 Å². The number of aromatic nitrogens is 3. The number of thioether (sulfide) groups is 1. The number of hydrogen-bond acceptors (Lipinski definition) is 6. The van der Waals surface area contributed by atoms with Gasteiger partial charge in [-0.25, -0.2) is 5.10 Å². The molecule has 9 heteroatoms. The zero-order chi connectivity index (χ0) is 18.6. The highest BCUT2D eigenvalue weighted by Gasteiger charge is 2.42. The molecular weight excluding hydrogens is 352 g/mol. The van der Waals surface area contributed by atoms with Crippen molar-refractivity contribution in [3.8, 4) is 0 Å². The molecule has 0 unspecified atom stereocenters. The highest BCUT2D eigenvalue weighted by Crippen LogP contribution is 2.39. The molecule has 1 atom stereocenters. The standard InChI is InChI=1S/C17H28N6O2S/c1-2-3-8-22-11-17(7-5-13(22)24)6-4-9-23(12-17)14(25)10-26-16-19-15(18)20-21-16/h2-12H2,1H3,(H3,18,19,20,21)/t17-/m1/s1. The number of aromatic amines is 1. The van der Waals surface area contributed by atoms with Crippen molar-refractivity contribution >= 4 is 29.5 Å². The molecule has 0 radical (unpaired) electrons. The SMILES string of the molecule is CCCCN1C[C@@]2(CCCN(C(=O)CSc3n[nH]c(N)n3)C2)CCC1=O. The van der Waals surface area contributed by atoms with Crippen LogP contribution in [-0.2, 0) is 9.59 Å². The second-order valence-electron chi connectivity index (χ2n) is 7.38. The van der Waals surface area contributed by atoms with Gasteiger partial charge in [-0.05, 0) is 25.7 Å². The first kappa shape index (κ1) is 19.0. The summed E-state index contributed by atoms with van der Waals surface area (Å²) in [6, 6.07) is 0. The molecule has 2 saturated heterocycles. The normalized spacial score (nSPS) is 23.7. The molecule has 1 aromatic rings. The Morgan fingerprint density at radius 1 is 1.38 bits per heavy atom. The molecule has 0 aliphatic carbocycles. The van der Waals surface area contributed by atoms with Gasteiger partial charge in [0, 0.05) is 38.0 Å². The summed E-state index contributed by atoms with van der Waals surface area (Å²) in [7, 11) is 0. The fourth-order valence-corrected chi connectivity index (χ4v) is 4.66. The topological polar surface area (TPSA) is 108 Å². The average Bonchev–Trinajstić information content (AvgIpc) is 3.06. The largest absolute Gasteiger partial charge is 0.368 e. The Morgan fingerprint density at radius 3 is 2.96 bits per heavy atom. The molecule has 3 rings (SSSR count). The predicted octanol–water partition coefficient (Wildman–Crippen LogP) is 1.51. The van der Waals surface area contributed by atoms with Gasteiger partial charge >= 0.3 is 0 Å². The number of likely N-dealkylation sites (tertiary alicyclic amines) is 2. The van der Waals surface area contributed by atoms with E-state index < -0.39 is 0 Å². The van der Waals surface area contributed by atoms with E-state index in [9.17, 15) is 9.59 Å². The Hall–Kier alpha value is -1.77. The van der Waals surface area contributed by atoms with Gasteiger partial charge in [-0.3, -0.25) is 9.59 Å². The number of piperidine rings is 2. The molecule has 3 N–H and O–H groups in total. The fourth-order valence-electron chi connectivity index (χ4n) is 3.95. The maximum absolute atomic E-state index is 12.6. The maximum Gasteiger partial charge on any atom is 0.233 e. The average molecular weight is 381 g/mol. The fraction of sp³-hybridized carbons (Fsp3) is 0.765. The van der Waals surface area contributed by atoms with Crippen LogP contribution in [0, 0.1) is 5.41 Å². The van der Waals surface area contributed by atoms with Gasteiger partial charge in [0.05, 0.1) is 5.75 Å². The van der Waals surface area contributed by atoms with E-state index >= 15 is 0 Å². The lowest BCUT2D eigenvalue weighted by Gasteiger charge is -2.48. The number of carbonyl (C=O) groups excluding carboxylic acids is 2. The van der Waals surface area contributed by atoms with Crippen molar-refractivity contribution < 1.29 is 9.59 Å². The molecule has 0 saturated carbocycles. The third kappa shape index (κ3) is 4.49. The minimum absolute atomic E-state index is 0.0647. The number of carbonyl (C=O) groups is 2. The van der Waals surface area contributed by atoms with Gasteiger partial charge in [0.25, 0.3) is 0 Å². The summed E-state index contributed by atoms with van der Waals surface area (Å²) in [6.07, 6.45) is 5.72. The summed E-state index contributed by atoms with van der Waals surface area (Å²) >= 11 is 1.30. The Balaban J connectivity index is 1.57. The molecule has 1 aromatic heterocycles. The van der Waals surface area contributed by atoms with Gasteiger partial charge in [0.1, 0.15) is 0 Å². The molecule has 2 amide bonds. The quantitative estimate of drug-likeness (QED) is 0.724. The van der Waals surface area contributed by atoms with Crippen LogP contribution in [-0.4, -0.2) is 68.7 Å². The monoisotopic (exact) mass is 380 g/mol. The molecule has 26 heavy (non-hydrogen) atoms. The molecule has 0 aromatic carbocycles. The second kappa shape index (κ2) is 8.28. The lowest BCUT2D eigenvalue weighted by Crippen LogP contribution is -2.55. The summed E-state index contributed by atoms with van der Waals surface area (Å²) < 4.78 is 0. The number of unbranched alkanes of at least 4 members (excludes halogenated alkanes) is 1. The van der Waals surface area contributed by atoms with Gasteiger partial charge < -0.3 is 15.5 Å². The number of H-pyrrole nitrogens is 1. The minimum Gasteiger partial charge on any atom is -0.368 e. The molecule has 2 aliphatic rings. The van der Waals surface area contributed by atoms with Crippen molar-refractivity contribution in [2.45, 2.75) is 50.6 Å². The third-order valence-corrected chi connectivity index (χ3v) is 6.18.